The maximum atomic E-state index is 11.7. The number of aromatic amines is 1. The van der Waals surface area contributed by atoms with Crippen LogP contribution in [0.2, 0.25) is 0 Å². The lowest BCUT2D eigenvalue weighted by Gasteiger charge is -2.24. The fraction of sp³-hybridized carbons (Fsp3) is 0.500. The molecule has 2 rings (SSSR count). The van der Waals surface area contributed by atoms with Crippen LogP contribution in [-0.4, -0.2) is 44.5 Å². The smallest absolute Gasteiger partial charge is 0.295 e. The first-order chi connectivity index (χ1) is 6.77. The van der Waals surface area contributed by atoms with Crippen molar-refractivity contribution in [2.24, 2.45) is 0 Å². The van der Waals surface area contributed by atoms with Crippen molar-refractivity contribution in [3.63, 3.8) is 0 Å². The Morgan fingerprint density at radius 1 is 1.64 bits per heavy atom. The predicted molar refractivity (Wildman–Crippen MR) is 48.5 cm³/mol. The quantitative estimate of drug-likeness (QED) is 0.636. The minimum absolute atomic E-state index is 0.139. The van der Waals surface area contributed by atoms with E-state index in [0.29, 0.717) is 6.54 Å². The summed E-state index contributed by atoms with van der Waals surface area (Å²) in [6, 6.07) is 0. The molecule has 0 aliphatic carbocycles. The normalized spacial score (nSPS) is 16.6. The summed E-state index contributed by atoms with van der Waals surface area (Å²) in [7, 11) is 0. The number of rotatable bonds is 1. The number of hydrogen-bond acceptors (Lipinski definition) is 4. The lowest BCUT2D eigenvalue weighted by Crippen LogP contribution is -2.36. The zero-order chi connectivity index (χ0) is 9.97. The molecule has 74 valence electrons. The molecule has 1 aliphatic heterocycles. The van der Waals surface area contributed by atoms with Gasteiger partial charge in [-0.2, -0.15) is 5.21 Å². The van der Waals surface area contributed by atoms with Crippen molar-refractivity contribution < 1.29 is 4.79 Å². The molecule has 0 saturated carbocycles. The van der Waals surface area contributed by atoms with Crippen LogP contribution in [0.3, 0.4) is 0 Å². The number of H-pyrrole nitrogens is 1. The molecular weight excluding hydrogens is 182 g/mol. The van der Waals surface area contributed by atoms with Crippen LogP contribution < -0.4 is 0 Å². The minimum Gasteiger partial charge on any atom is -0.332 e. The Kier molecular flexibility index (Phi) is 2.26. The van der Waals surface area contributed by atoms with Gasteiger partial charge in [-0.25, -0.2) is 0 Å². The van der Waals surface area contributed by atoms with Gasteiger partial charge in [0.25, 0.3) is 11.7 Å². The molecule has 2 heterocycles. The summed E-state index contributed by atoms with van der Waals surface area (Å²) >= 11 is 0. The Morgan fingerprint density at radius 3 is 3.14 bits per heavy atom. The molecule has 0 atom stereocenters. The van der Waals surface area contributed by atoms with Gasteiger partial charge >= 0.3 is 0 Å². The highest BCUT2D eigenvalue weighted by atomic mass is 16.2. The second-order valence-electron chi connectivity index (χ2n) is 3.30. The molecule has 6 nitrogen and oxygen atoms in total. The zero-order valence-corrected chi connectivity index (χ0v) is 7.90. The van der Waals surface area contributed by atoms with E-state index in [1.165, 1.54) is 5.57 Å². The molecule has 0 unspecified atom stereocenters. The van der Waals surface area contributed by atoms with Gasteiger partial charge in [-0.3, -0.25) is 4.79 Å². The molecule has 1 N–H and O–H groups in total. The second kappa shape index (κ2) is 3.57. The molecule has 0 spiro atoms. The summed E-state index contributed by atoms with van der Waals surface area (Å²) in [5, 5.41) is 12.9. The van der Waals surface area contributed by atoms with E-state index in [-0.39, 0.29) is 11.7 Å². The Balaban J connectivity index is 2.10. The van der Waals surface area contributed by atoms with Gasteiger partial charge in [0.05, 0.1) is 0 Å². The molecule has 0 fully saturated rings. The predicted octanol–water partition coefficient (Wildman–Crippen LogP) is -0.00810. The lowest BCUT2D eigenvalue weighted by molar-refractivity contribution is 0.0754. The largest absolute Gasteiger partial charge is 0.332 e. The number of hydrogen-bond donors (Lipinski definition) is 1. The molecule has 0 radical (unpaired) electrons. The third-order valence-electron chi connectivity index (χ3n) is 2.16. The summed E-state index contributed by atoms with van der Waals surface area (Å²) in [5.74, 6) is -0.0223. The van der Waals surface area contributed by atoms with E-state index in [0.717, 1.165) is 13.0 Å². The number of tetrazole rings is 1. The molecule has 1 aromatic heterocycles. The van der Waals surface area contributed by atoms with Crippen LogP contribution in [0, 0.1) is 0 Å². The van der Waals surface area contributed by atoms with Crippen molar-refractivity contribution >= 4 is 5.91 Å². The molecule has 0 aromatic carbocycles. The molecule has 6 heteroatoms. The van der Waals surface area contributed by atoms with E-state index in [2.05, 4.69) is 26.7 Å². The highest BCUT2D eigenvalue weighted by Gasteiger charge is 2.21. The van der Waals surface area contributed by atoms with Gasteiger partial charge in [0, 0.05) is 13.1 Å². The maximum Gasteiger partial charge on any atom is 0.295 e. The Bertz CT molecular complexity index is 356. The monoisotopic (exact) mass is 193 g/mol. The van der Waals surface area contributed by atoms with Gasteiger partial charge in [-0.05, 0) is 18.6 Å². The number of carbonyl (C=O) groups is 1. The SMILES string of the molecule is CC1=CCCN(C(=O)c2nn[nH]n2)C1. The van der Waals surface area contributed by atoms with E-state index in [9.17, 15) is 4.79 Å². The maximum absolute atomic E-state index is 11.7. The number of amides is 1. The van der Waals surface area contributed by atoms with Crippen molar-refractivity contribution in [1.82, 2.24) is 25.5 Å². The molecule has 0 bridgehead atoms. The van der Waals surface area contributed by atoms with Gasteiger partial charge in [-0.15, -0.1) is 10.2 Å². The van der Waals surface area contributed by atoms with Crippen LogP contribution in [0.25, 0.3) is 0 Å². The van der Waals surface area contributed by atoms with Crippen LogP contribution in [0.4, 0.5) is 0 Å². The van der Waals surface area contributed by atoms with E-state index in [1.54, 1.807) is 4.90 Å². The van der Waals surface area contributed by atoms with Gasteiger partial charge in [0.1, 0.15) is 0 Å². The Labute approximate surface area is 81.0 Å². The topological polar surface area (TPSA) is 74.8 Å². The third kappa shape index (κ3) is 1.63. The minimum atomic E-state index is -0.161. The molecule has 1 amide bonds. The first kappa shape index (κ1) is 8.86. The van der Waals surface area contributed by atoms with E-state index in [1.807, 2.05) is 6.92 Å². The number of carbonyl (C=O) groups excluding carboxylic acids is 1. The molecular formula is C8H11N5O. The molecule has 1 aliphatic rings. The van der Waals surface area contributed by atoms with Gasteiger partial charge in [-0.1, -0.05) is 11.6 Å². The van der Waals surface area contributed by atoms with Crippen LogP contribution in [0.15, 0.2) is 11.6 Å². The lowest BCUT2D eigenvalue weighted by atomic mass is 10.1. The summed E-state index contributed by atoms with van der Waals surface area (Å²) in [4.78, 5) is 13.4. The van der Waals surface area contributed by atoms with E-state index >= 15 is 0 Å². The average Bonchev–Trinajstić information content (AvgIpc) is 2.69. The summed E-state index contributed by atoms with van der Waals surface area (Å²) in [6.07, 6.45) is 3.04. The summed E-state index contributed by atoms with van der Waals surface area (Å²) in [6.45, 7) is 3.40. The fourth-order valence-corrected chi connectivity index (χ4v) is 1.48. The zero-order valence-electron chi connectivity index (χ0n) is 7.90. The summed E-state index contributed by atoms with van der Waals surface area (Å²) < 4.78 is 0. The van der Waals surface area contributed by atoms with Crippen molar-refractivity contribution in [3.05, 3.63) is 17.5 Å². The van der Waals surface area contributed by atoms with E-state index in [4.69, 9.17) is 0 Å². The van der Waals surface area contributed by atoms with Crippen molar-refractivity contribution in [2.75, 3.05) is 13.1 Å². The number of nitrogens with one attached hydrogen (secondary N) is 1. The second-order valence-corrected chi connectivity index (χ2v) is 3.30. The Morgan fingerprint density at radius 2 is 2.50 bits per heavy atom. The van der Waals surface area contributed by atoms with Gasteiger partial charge in [0.2, 0.25) is 0 Å². The van der Waals surface area contributed by atoms with Crippen molar-refractivity contribution in [1.29, 1.82) is 0 Å². The molecule has 14 heavy (non-hydrogen) atoms. The molecule has 1 aromatic rings. The van der Waals surface area contributed by atoms with Crippen LogP contribution in [-0.2, 0) is 0 Å². The fourth-order valence-electron chi connectivity index (χ4n) is 1.48. The van der Waals surface area contributed by atoms with Gasteiger partial charge in [0.15, 0.2) is 0 Å². The third-order valence-corrected chi connectivity index (χ3v) is 2.16. The first-order valence-corrected chi connectivity index (χ1v) is 4.46. The van der Waals surface area contributed by atoms with Crippen molar-refractivity contribution in [2.45, 2.75) is 13.3 Å². The average molecular weight is 193 g/mol. The number of aromatic nitrogens is 4. The Hall–Kier alpha value is -1.72. The highest BCUT2D eigenvalue weighted by molar-refractivity contribution is 5.90. The van der Waals surface area contributed by atoms with Crippen LogP contribution in [0.1, 0.15) is 24.0 Å². The van der Waals surface area contributed by atoms with Crippen molar-refractivity contribution in [3.8, 4) is 0 Å². The number of nitrogens with zero attached hydrogens (tertiary/aromatic N) is 4. The van der Waals surface area contributed by atoms with E-state index < -0.39 is 0 Å². The highest BCUT2D eigenvalue weighted by Crippen LogP contribution is 2.10. The first-order valence-electron chi connectivity index (χ1n) is 4.46. The van der Waals surface area contributed by atoms with Gasteiger partial charge < -0.3 is 4.90 Å². The van der Waals surface area contributed by atoms with Crippen LogP contribution in [0.5, 0.6) is 0 Å². The molecule has 0 saturated heterocycles. The van der Waals surface area contributed by atoms with Crippen LogP contribution >= 0.6 is 0 Å². The summed E-state index contributed by atoms with van der Waals surface area (Å²) in [5.41, 5.74) is 1.20. The standard InChI is InChI=1S/C8H11N5O/c1-6-3-2-4-13(5-6)8(14)7-9-11-12-10-7/h3H,2,4-5H2,1H3,(H,9,10,11,12).